The first-order chi connectivity index (χ1) is 11.2. The van der Waals surface area contributed by atoms with Crippen LogP contribution in [0.4, 0.5) is 17.3 Å². The van der Waals surface area contributed by atoms with E-state index in [4.69, 9.17) is 4.74 Å². The largest absolute Gasteiger partial charge is 0.490 e. The van der Waals surface area contributed by atoms with Gasteiger partial charge in [-0.1, -0.05) is 6.07 Å². The van der Waals surface area contributed by atoms with Gasteiger partial charge >= 0.3 is 0 Å². The van der Waals surface area contributed by atoms with Crippen molar-refractivity contribution in [1.82, 2.24) is 14.9 Å². The molecule has 1 saturated heterocycles. The van der Waals surface area contributed by atoms with E-state index in [1.54, 1.807) is 0 Å². The van der Waals surface area contributed by atoms with Gasteiger partial charge in [0.2, 0.25) is 0 Å². The van der Waals surface area contributed by atoms with E-state index in [1.165, 1.54) is 6.33 Å². The summed E-state index contributed by atoms with van der Waals surface area (Å²) >= 11 is 0. The molecule has 2 N–H and O–H groups in total. The number of piperidine rings is 1. The first kappa shape index (κ1) is 15.6. The van der Waals surface area contributed by atoms with E-state index < -0.39 is 0 Å². The molecule has 0 unspecified atom stereocenters. The van der Waals surface area contributed by atoms with Crippen molar-refractivity contribution >= 4 is 17.3 Å². The molecule has 1 fully saturated rings. The highest BCUT2D eigenvalue weighted by atomic mass is 16.5. The van der Waals surface area contributed by atoms with Gasteiger partial charge in [-0.05, 0) is 32.0 Å². The highest BCUT2D eigenvalue weighted by molar-refractivity contribution is 5.60. The molecule has 0 amide bonds. The molecule has 0 atom stereocenters. The lowest BCUT2D eigenvalue weighted by atomic mass is 10.1. The fraction of sp³-hybridized carbons (Fsp3) is 0.412. The number of benzene rings is 1. The Kier molecular flexibility index (Phi) is 4.92. The van der Waals surface area contributed by atoms with Crippen LogP contribution in [0.3, 0.4) is 0 Å². The molecule has 0 aliphatic carbocycles. The maximum atomic E-state index is 6.12. The smallest absolute Gasteiger partial charge is 0.135 e. The summed E-state index contributed by atoms with van der Waals surface area (Å²) in [5.41, 5.74) is 0.955. The van der Waals surface area contributed by atoms with E-state index in [0.29, 0.717) is 6.10 Å². The van der Waals surface area contributed by atoms with Crippen molar-refractivity contribution < 1.29 is 4.74 Å². The molecule has 0 saturated carbocycles. The van der Waals surface area contributed by atoms with Crippen molar-refractivity contribution in [2.45, 2.75) is 18.9 Å². The van der Waals surface area contributed by atoms with Gasteiger partial charge in [0.05, 0.1) is 0 Å². The first-order valence-electron chi connectivity index (χ1n) is 7.95. The Bertz CT molecular complexity index is 640. The van der Waals surface area contributed by atoms with E-state index in [1.807, 2.05) is 37.4 Å². The summed E-state index contributed by atoms with van der Waals surface area (Å²) in [6.07, 6.45) is 3.99. The third-order valence-corrected chi connectivity index (χ3v) is 4.00. The van der Waals surface area contributed by atoms with Crippen LogP contribution in [0.15, 0.2) is 36.7 Å². The zero-order chi connectivity index (χ0) is 16.1. The fourth-order valence-electron chi connectivity index (χ4n) is 2.65. The summed E-state index contributed by atoms with van der Waals surface area (Å²) < 4.78 is 6.12. The number of hydrogen-bond donors (Lipinski definition) is 2. The monoisotopic (exact) mass is 313 g/mol. The second-order valence-electron chi connectivity index (χ2n) is 5.81. The maximum absolute atomic E-state index is 6.12. The number of ether oxygens (including phenoxy) is 1. The molecule has 1 aromatic heterocycles. The van der Waals surface area contributed by atoms with Crippen LogP contribution in [0, 0.1) is 0 Å². The number of anilines is 3. The number of rotatable bonds is 5. The summed E-state index contributed by atoms with van der Waals surface area (Å²) in [5, 5.41) is 6.29. The summed E-state index contributed by atoms with van der Waals surface area (Å²) in [4.78, 5) is 10.7. The summed E-state index contributed by atoms with van der Waals surface area (Å²) in [6, 6.07) is 9.88. The highest BCUT2D eigenvalue weighted by Crippen LogP contribution is 2.24. The molecule has 0 bridgehead atoms. The number of aromatic nitrogens is 2. The molecule has 2 aromatic rings. The topological polar surface area (TPSA) is 62.3 Å². The van der Waals surface area contributed by atoms with Crippen molar-refractivity contribution in [2.75, 3.05) is 37.8 Å². The summed E-state index contributed by atoms with van der Waals surface area (Å²) in [6.45, 7) is 2.19. The lowest BCUT2D eigenvalue weighted by molar-refractivity contribution is 0.114. The molecular formula is C17H23N5O. The van der Waals surface area contributed by atoms with Crippen molar-refractivity contribution in [3.63, 3.8) is 0 Å². The number of hydrogen-bond acceptors (Lipinski definition) is 6. The van der Waals surface area contributed by atoms with Crippen molar-refractivity contribution in [1.29, 1.82) is 0 Å². The summed E-state index contributed by atoms with van der Waals surface area (Å²) in [7, 11) is 3.99. The molecule has 1 aromatic carbocycles. The maximum Gasteiger partial charge on any atom is 0.135 e. The average molecular weight is 313 g/mol. The number of nitrogens with zero attached hydrogens (tertiary/aromatic N) is 3. The fourth-order valence-corrected chi connectivity index (χ4v) is 2.65. The van der Waals surface area contributed by atoms with Gasteiger partial charge in [-0.3, -0.25) is 0 Å². The zero-order valence-electron chi connectivity index (χ0n) is 13.6. The molecule has 122 valence electrons. The Labute approximate surface area is 136 Å². The van der Waals surface area contributed by atoms with Crippen LogP contribution in [0.2, 0.25) is 0 Å². The lowest BCUT2D eigenvalue weighted by Crippen LogP contribution is -2.35. The van der Waals surface area contributed by atoms with Gasteiger partial charge in [0, 0.05) is 38.0 Å². The minimum absolute atomic E-state index is 0.302. The van der Waals surface area contributed by atoms with Gasteiger partial charge in [-0.25, -0.2) is 9.97 Å². The second-order valence-corrected chi connectivity index (χ2v) is 5.81. The normalized spacial score (nSPS) is 16.1. The number of likely N-dealkylation sites (tertiary alicyclic amines) is 1. The predicted molar refractivity (Wildman–Crippen MR) is 92.5 cm³/mol. The Balaban J connectivity index is 1.65. The molecule has 0 radical (unpaired) electrons. The van der Waals surface area contributed by atoms with Gasteiger partial charge in [0.15, 0.2) is 0 Å². The lowest BCUT2D eigenvalue weighted by Gasteiger charge is -2.29. The minimum atomic E-state index is 0.302. The van der Waals surface area contributed by atoms with Gasteiger partial charge in [0.1, 0.15) is 29.8 Å². The molecule has 2 heterocycles. The minimum Gasteiger partial charge on any atom is -0.490 e. The van der Waals surface area contributed by atoms with Crippen molar-refractivity contribution in [3.05, 3.63) is 36.7 Å². The van der Waals surface area contributed by atoms with E-state index in [-0.39, 0.29) is 0 Å². The van der Waals surface area contributed by atoms with Crippen molar-refractivity contribution in [2.24, 2.45) is 0 Å². The zero-order valence-corrected chi connectivity index (χ0v) is 13.6. The molecule has 6 heteroatoms. The van der Waals surface area contributed by atoms with E-state index >= 15 is 0 Å². The highest BCUT2D eigenvalue weighted by Gasteiger charge is 2.18. The molecule has 3 rings (SSSR count). The first-order valence-corrected chi connectivity index (χ1v) is 7.95. The molecule has 1 aliphatic rings. The quantitative estimate of drug-likeness (QED) is 0.885. The van der Waals surface area contributed by atoms with Gasteiger partial charge in [-0.2, -0.15) is 0 Å². The Morgan fingerprint density at radius 3 is 2.70 bits per heavy atom. The SMILES string of the molecule is CNc1cc(Nc2cccc(OC3CCN(C)CC3)c2)ncn1. The molecule has 1 aliphatic heterocycles. The van der Waals surface area contributed by atoms with Crippen LogP contribution in [-0.4, -0.2) is 48.2 Å². The summed E-state index contributed by atoms with van der Waals surface area (Å²) in [5.74, 6) is 2.43. The van der Waals surface area contributed by atoms with Crippen LogP contribution in [-0.2, 0) is 0 Å². The Morgan fingerprint density at radius 1 is 1.13 bits per heavy atom. The molecular weight excluding hydrogens is 290 g/mol. The van der Waals surface area contributed by atoms with Crippen LogP contribution in [0.5, 0.6) is 5.75 Å². The Hall–Kier alpha value is -2.34. The van der Waals surface area contributed by atoms with Crippen molar-refractivity contribution in [3.8, 4) is 5.75 Å². The third kappa shape index (κ3) is 4.32. The third-order valence-electron chi connectivity index (χ3n) is 4.00. The van der Waals surface area contributed by atoms with Crippen LogP contribution >= 0.6 is 0 Å². The van der Waals surface area contributed by atoms with Gasteiger partial charge in [0.25, 0.3) is 0 Å². The predicted octanol–water partition coefficient (Wildman–Crippen LogP) is 2.73. The Morgan fingerprint density at radius 2 is 1.91 bits per heavy atom. The van der Waals surface area contributed by atoms with E-state index in [9.17, 15) is 0 Å². The molecule has 23 heavy (non-hydrogen) atoms. The molecule has 6 nitrogen and oxygen atoms in total. The van der Waals surface area contributed by atoms with E-state index in [2.05, 4.69) is 32.5 Å². The standard InChI is InChI=1S/C17H23N5O/c1-18-16-11-17(20-12-19-16)21-13-4-3-5-15(10-13)23-14-6-8-22(2)9-7-14/h3-5,10-12,14H,6-9H2,1-2H3,(H2,18,19,20,21). The van der Waals surface area contributed by atoms with E-state index in [0.717, 1.165) is 49.0 Å². The average Bonchev–Trinajstić information content (AvgIpc) is 2.57. The van der Waals surface area contributed by atoms with Crippen LogP contribution in [0.25, 0.3) is 0 Å². The second kappa shape index (κ2) is 7.28. The van der Waals surface area contributed by atoms with Gasteiger partial charge in [-0.15, -0.1) is 0 Å². The van der Waals surface area contributed by atoms with Crippen LogP contribution in [0.1, 0.15) is 12.8 Å². The van der Waals surface area contributed by atoms with Gasteiger partial charge < -0.3 is 20.3 Å². The molecule has 0 spiro atoms. The number of nitrogens with one attached hydrogen (secondary N) is 2. The van der Waals surface area contributed by atoms with Crippen LogP contribution < -0.4 is 15.4 Å².